The van der Waals surface area contributed by atoms with E-state index in [1.54, 1.807) is 0 Å². The second-order valence-electron chi connectivity index (χ2n) is 2.22. The zero-order valence-electron chi connectivity index (χ0n) is 6.23. The molecule has 3 heteroatoms. The summed E-state index contributed by atoms with van der Waals surface area (Å²) in [6.45, 7) is 0. The maximum Gasteiger partial charge on any atom is 0.0412 e. The summed E-state index contributed by atoms with van der Waals surface area (Å²) in [7, 11) is 0. The van der Waals surface area contributed by atoms with Gasteiger partial charge >= 0.3 is 0 Å². The Labute approximate surface area is 90.3 Å². The molecule has 0 N–H and O–H groups in total. The highest BCUT2D eigenvalue weighted by atomic mass is 79.9. The van der Waals surface area contributed by atoms with Gasteiger partial charge in [0.2, 0.25) is 0 Å². The van der Waals surface area contributed by atoms with E-state index in [1.807, 2.05) is 30.4 Å². The summed E-state index contributed by atoms with van der Waals surface area (Å²) in [5.41, 5.74) is 1.04. The largest absolute Gasteiger partial charge is 0.122 e. The molecule has 0 nitrogen and oxygen atoms in total. The van der Waals surface area contributed by atoms with Crippen molar-refractivity contribution in [2.24, 2.45) is 0 Å². The first-order valence-corrected chi connectivity index (χ1v) is 5.12. The van der Waals surface area contributed by atoms with Crippen LogP contribution < -0.4 is 0 Å². The van der Waals surface area contributed by atoms with Gasteiger partial charge in [-0.25, -0.2) is 0 Å². The lowest BCUT2D eigenvalue weighted by atomic mass is 10.2. The van der Waals surface area contributed by atoms with E-state index in [1.165, 1.54) is 0 Å². The van der Waals surface area contributed by atoms with E-state index < -0.39 is 0 Å². The van der Waals surface area contributed by atoms with Crippen LogP contribution in [0.4, 0.5) is 0 Å². The van der Waals surface area contributed by atoms with Crippen LogP contribution in [0.25, 0.3) is 6.08 Å². The molecule has 0 unspecified atom stereocenters. The van der Waals surface area contributed by atoms with Gasteiger partial charge in [-0.15, -0.1) is 11.6 Å². The number of halogens is 3. The minimum atomic E-state index is 0.513. The summed E-state index contributed by atoms with van der Waals surface area (Å²) in [4.78, 5) is 0. The zero-order valence-corrected chi connectivity index (χ0v) is 9.33. The van der Waals surface area contributed by atoms with Crippen molar-refractivity contribution in [3.8, 4) is 0 Å². The van der Waals surface area contributed by atoms with Gasteiger partial charge in [0.25, 0.3) is 0 Å². The molecule has 0 aliphatic heterocycles. The molecule has 0 heterocycles. The third kappa shape index (κ3) is 2.81. The average molecular weight is 266 g/mol. The molecule has 0 atom stereocenters. The van der Waals surface area contributed by atoms with Crippen LogP contribution in [0.5, 0.6) is 0 Å². The van der Waals surface area contributed by atoms with Gasteiger partial charge in [-0.05, 0) is 23.8 Å². The molecule has 0 amide bonds. The summed E-state index contributed by atoms with van der Waals surface area (Å²) in [5, 5.41) is 0.729. The Hall–Kier alpha value is 0.0200. The predicted octanol–water partition coefficient (Wildman–Crippen LogP) is 4.35. The van der Waals surface area contributed by atoms with Gasteiger partial charge < -0.3 is 0 Å². The quantitative estimate of drug-likeness (QED) is 0.698. The van der Waals surface area contributed by atoms with Crippen LogP contribution in [0.3, 0.4) is 0 Å². The highest BCUT2D eigenvalue weighted by molar-refractivity contribution is 9.10. The smallest absolute Gasteiger partial charge is 0.0412 e. The Kier molecular flexibility index (Phi) is 4.13. The summed E-state index contributed by atoms with van der Waals surface area (Å²) in [6.07, 6.45) is 3.81. The van der Waals surface area contributed by atoms with Crippen molar-refractivity contribution < 1.29 is 0 Å². The van der Waals surface area contributed by atoms with Crippen LogP contribution in [-0.4, -0.2) is 5.88 Å². The Morgan fingerprint density at radius 2 is 2.17 bits per heavy atom. The van der Waals surface area contributed by atoms with Gasteiger partial charge in [0, 0.05) is 15.4 Å². The van der Waals surface area contributed by atoms with Gasteiger partial charge in [-0.3, -0.25) is 0 Å². The number of hydrogen-bond donors (Lipinski definition) is 0. The summed E-state index contributed by atoms with van der Waals surface area (Å²) in [6, 6.07) is 5.63. The average Bonchev–Trinajstić information content (AvgIpc) is 2.07. The van der Waals surface area contributed by atoms with Crippen molar-refractivity contribution >= 4 is 45.2 Å². The molecule has 0 saturated heterocycles. The SMILES string of the molecule is ClCC=Cc1cc(Cl)ccc1Br. The van der Waals surface area contributed by atoms with Gasteiger partial charge in [-0.2, -0.15) is 0 Å². The predicted molar refractivity (Wildman–Crippen MR) is 58.9 cm³/mol. The van der Waals surface area contributed by atoms with Crippen LogP contribution in [0.2, 0.25) is 5.02 Å². The Bertz CT molecular complexity index is 295. The topological polar surface area (TPSA) is 0 Å². The first-order valence-electron chi connectivity index (χ1n) is 3.41. The fourth-order valence-corrected chi connectivity index (χ4v) is 1.46. The third-order valence-electron chi connectivity index (χ3n) is 1.34. The van der Waals surface area contributed by atoms with Crippen LogP contribution in [0.15, 0.2) is 28.7 Å². The van der Waals surface area contributed by atoms with Crippen LogP contribution in [0, 0.1) is 0 Å². The standard InChI is InChI=1S/C9H7BrCl2/c10-9-4-3-8(12)6-7(9)2-1-5-11/h1-4,6H,5H2. The number of rotatable bonds is 2. The van der Waals surface area contributed by atoms with Gasteiger partial charge in [0.1, 0.15) is 0 Å². The minimum absolute atomic E-state index is 0.513. The number of benzene rings is 1. The van der Waals surface area contributed by atoms with Crippen molar-refractivity contribution in [3.05, 3.63) is 39.3 Å². The van der Waals surface area contributed by atoms with E-state index in [2.05, 4.69) is 15.9 Å². The molecule has 0 aliphatic carbocycles. The lowest BCUT2D eigenvalue weighted by Gasteiger charge is -1.97. The molecular weight excluding hydrogens is 259 g/mol. The molecule has 64 valence electrons. The Morgan fingerprint density at radius 3 is 2.83 bits per heavy atom. The molecule has 0 aromatic heterocycles. The van der Waals surface area contributed by atoms with E-state index in [0.717, 1.165) is 15.1 Å². The van der Waals surface area contributed by atoms with Crippen molar-refractivity contribution in [1.82, 2.24) is 0 Å². The highest BCUT2D eigenvalue weighted by Gasteiger charge is 1.95. The molecule has 0 bridgehead atoms. The Balaban J connectivity index is 2.97. The van der Waals surface area contributed by atoms with Crippen molar-refractivity contribution in [2.75, 3.05) is 5.88 Å². The molecule has 0 radical (unpaired) electrons. The molecule has 1 rings (SSSR count). The molecule has 0 aliphatic rings. The summed E-state index contributed by atoms with van der Waals surface area (Å²) < 4.78 is 1.02. The highest BCUT2D eigenvalue weighted by Crippen LogP contribution is 2.22. The van der Waals surface area contributed by atoms with E-state index in [9.17, 15) is 0 Å². The lowest BCUT2D eigenvalue weighted by Crippen LogP contribution is -1.75. The van der Waals surface area contributed by atoms with E-state index in [0.29, 0.717) is 5.88 Å². The molecule has 1 aromatic rings. The number of allylic oxidation sites excluding steroid dienone is 1. The third-order valence-corrected chi connectivity index (χ3v) is 2.48. The molecule has 0 saturated carbocycles. The zero-order chi connectivity index (χ0) is 8.97. The van der Waals surface area contributed by atoms with Crippen LogP contribution in [-0.2, 0) is 0 Å². The summed E-state index contributed by atoms with van der Waals surface area (Å²) >= 11 is 14.7. The molecular formula is C9H7BrCl2. The number of hydrogen-bond acceptors (Lipinski definition) is 0. The normalized spacial score (nSPS) is 10.9. The molecule has 0 fully saturated rings. The Morgan fingerprint density at radius 1 is 1.42 bits per heavy atom. The van der Waals surface area contributed by atoms with Gasteiger partial charge in [0.15, 0.2) is 0 Å². The van der Waals surface area contributed by atoms with Gasteiger partial charge in [-0.1, -0.05) is 39.7 Å². The lowest BCUT2D eigenvalue weighted by molar-refractivity contribution is 1.59. The van der Waals surface area contributed by atoms with Crippen LogP contribution in [0.1, 0.15) is 5.56 Å². The molecule has 1 aromatic carbocycles. The van der Waals surface area contributed by atoms with Crippen molar-refractivity contribution in [3.63, 3.8) is 0 Å². The maximum atomic E-state index is 5.81. The summed E-state index contributed by atoms with van der Waals surface area (Å²) in [5.74, 6) is 0.513. The van der Waals surface area contributed by atoms with Gasteiger partial charge in [0.05, 0.1) is 0 Å². The fraction of sp³-hybridized carbons (Fsp3) is 0.111. The fourth-order valence-electron chi connectivity index (χ4n) is 0.814. The second kappa shape index (κ2) is 4.90. The van der Waals surface area contributed by atoms with E-state index in [-0.39, 0.29) is 0 Å². The first kappa shape index (κ1) is 10.1. The van der Waals surface area contributed by atoms with Crippen LogP contribution >= 0.6 is 39.1 Å². The monoisotopic (exact) mass is 264 g/mol. The second-order valence-corrected chi connectivity index (χ2v) is 3.82. The van der Waals surface area contributed by atoms with Crippen molar-refractivity contribution in [1.29, 1.82) is 0 Å². The van der Waals surface area contributed by atoms with E-state index in [4.69, 9.17) is 23.2 Å². The molecule has 0 spiro atoms. The number of alkyl halides is 1. The first-order chi connectivity index (χ1) is 5.74. The maximum absolute atomic E-state index is 5.81. The van der Waals surface area contributed by atoms with Crippen molar-refractivity contribution in [2.45, 2.75) is 0 Å². The minimum Gasteiger partial charge on any atom is -0.122 e. The molecule has 12 heavy (non-hydrogen) atoms. The van der Waals surface area contributed by atoms with E-state index >= 15 is 0 Å².